The topological polar surface area (TPSA) is 56.0 Å². The summed E-state index contributed by atoms with van der Waals surface area (Å²) in [4.78, 5) is 0. The molecular formula is C10H17F3N2O. The van der Waals surface area contributed by atoms with E-state index in [1.165, 1.54) is 6.07 Å². The molecule has 2 atom stereocenters. The van der Waals surface area contributed by atoms with Crippen LogP contribution < -0.4 is 5.32 Å². The molecule has 0 aromatic carbocycles. The zero-order valence-corrected chi connectivity index (χ0v) is 9.38. The van der Waals surface area contributed by atoms with E-state index in [9.17, 15) is 18.3 Å². The quantitative estimate of drug-likeness (QED) is 0.740. The molecule has 2 unspecified atom stereocenters. The van der Waals surface area contributed by atoms with Gasteiger partial charge in [0.25, 0.3) is 0 Å². The molecule has 0 bridgehead atoms. The van der Waals surface area contributed by atoms with Gasteiger partial charge in [0.2, 0.25) is 0 Å². The molecule has 0 rings (SSSR count). The molecule has 0 spiro atoms. The maximum Gasteiger partial charge on any atom is 0.405 e. The second kappa shape index (κ2) is 6.71. The Morgan fingerprint density at radius 2 is 1.88 bits per heavy atom. The first kappa shape index (κ1) is 15.2. The third kappa shape index (κ3) is 6.64. The summed E-state index contributed by atoms with van der Waals surface area (Å²) in [5, 5.41) is 20.1. The molecule has 0 aromatic rings. The van der Waals surface area contributed by atoms with Gasteiger partial charge in [-0.15, -0.1) is 0 Å². The van der Waals surface area contributed by atoms with E-state index in [2.05, 4.69) is 5.32 Å². The molecule has 0 saturated heterocycles. The van der Waals surface area contributed by atoms with Crippen LogP contribution in [0.1, 0.15) is 20.3 Å². The highest BCUT2D eigenvalue weighted by Crippen LogP contribution is 2.24. The van der Waals surface area contributed by atoms with Crippen LogP contribution in [0.2, 0.25) is 0 Å². The molecule has 0 radical (unpaired) electrons. The Labute approximate surface area is 93.3 Å². The maximum absolute atomic E-state index is 12.1. The van der Waals surface area contributed by atoms with Crippen molar-refractivity contribution < 1.29 is 18.3 Å². The molecule has 0 aliphatic heterocycles. The lowest BCUT2D eigenvalue weighted by Crippen LogP contribution is -2.36. The van der Waals surface area contributed by atoms with Gasteiger partial charge in [0.15, 0.2) is 5.92 Å². The molecule has 0 aliphatic carbocycles. The molecular weight excluding hydrogens is 221 g/mol. The minimum Gasteiger partial charge on any atom is -0.392 e. The molecule has 3 nitrogen and oxygen atoms in total. The summed E-state index contributed by atoms with van der Waals surface area (Å²) in [5.74, 6) is -1.73. The fourth-order valence-electron chi connectivity index (χ4n) is 1.26. The first-order chi connectivity index (χ1) is 7.27. The average Bonchev–Trinajstić information content (AvgIpc) is 2.08. The summed E-state index contributed by atoms with van der Waals surface area (Å²) in [6.07, 6.45) is -4.66. The van der Waals surface area contributed by atoms with Gasteiger partial charge >= 0.3 is 6.18 Å². The van der Waals surface area contributed by atoms with E-state index in [-0.39, 0.29) is 12.5 Å². The Balaban J connectivity index is 3.85. The molecule has 0 saturated carbocycles. The molecule has 0 aromatic heterocycles. The molecule has 94 valence electrons. The second-order valence-corrected chi connectivity index (χ2v) is 4.16. The van der Waals surface area contributed by atoms with Crippen LogP contribution in [0.5, 0.6) is 0 Å². The van der Waals surface area contributed by atoms with Crippen LogP contribution in [-0.2, 0) is 0 Å². The lowest BCUT2D eigenvalue weighted by atomic mass is 10.1. The summed E-state index contributed by atoms with van der Waals surface area (Å²) in [6, 6.07) is 1.19. The minimum absolute atomic E-state index is 0.0758. The molecule has 16 heavy (non-hydrogen) atoms. The third-order valence-electron chi connectivity index (χ3n) is 2.02. The van der Waals surface area contributed by atoms with Gasteiger partial charge in [0.1, 0.15) is 0 Å². The van der Waals surface area contributed by atoms with Gasteiger partial charge in [-0.05, 0) is 12.3 Å². The number of rotatable bonds is 6. The van der Waals surface area contributed by atoms with Crippen LogP contribution in [0, 0.1) is 23.2 Å². The highest BCUT2D eigenvalue weighted by Gasteiger charge is 2.39. The lowest BCUT2D eigenvalue weighted by Gasteiger charge is -2.17. The van der Waals surface area contributed by atoms with Crippen molar-refractivity contribution in [1.82, 2.24) is 5.32 Å². The summed E-state index contributed by atoms with van der Waals surface area (Å²) in [5.41, 5.74) is 0. The SMILES string of the molecule is CC(C)CC(O)CNCC(C#N)C(F)(F)F. The summed E-state index contributed by atoms with van der Waals surface area (Å²) >= 11 is 0. The summed E-state index contributed by atoms with van der Waals surface area (Å²) in [7, 11) is 0. The van der Waals surface area contributed by atoms with Crippen molar-refractivity contribution in [3.63, 3.8) is 0 Å². The number of halogens is 3. The number of nitriles is 1. The van der Waals surface area contributed by atoms with Crippen LogP contribution >= 0.6 is 0 Å². The number of aliphatic hydroxyl groups excluding tert-OH is 1. The number of nitrogens with one attached hydrogen (secondary N) is 1. The first-order valence-electron chi connectivity index (χ1n) is 5.12. The van der Waals surface area contributed by atoms with Crippen molar-refractivity contribution in [1.29, 1.82) is 5.26 Å². The molecule has 6 heteroatoms. The Kier molecular flexibility index (Phi) is 6.38. The number of hydrogen-bond acceptors (Lipinski definition) is 3. The van der Waals surface area contributed by atoms with Gasteiger partial charge in [-0.3, -0.25) is 0 Å². The van der Waals surface area contributed by atoms with Gasteiger partial charge in [-0.2, -0.15) is 18.4 Å². The first-order valence-corrected chi connectivity index (χ1v) is 5.12. The van der Waals surface area contributed by atoms with Gasteiger partial charge < -0.3 is 10.4 Å². The van der Waals surface area contributed by atoms with Crippen molar-refractivity contribution in [3.05, 3.63) is 0 Å². The van der Waals surface area contributed by atoms with Crippen molar-refractivity contribution in [3.8, 4) is 6.07 Å². The minimum atomic E-state index is -4.51. The van der Waals surface area contributed by atoms with E-state index in [0.717, 1.165) is 0 Å². The smallest absolute Gasteiger partial charge is 0.392 e. The highest BCUT2D eigenvalue weighted by molar-refractivity contribution is 4.90. The van der Waals surface area contributed by atoms with Crippen molar-refractivity contribution >= 4 is 0 Å². The highest BCUT2D eigenvalue weighted by atomic mass is 19.4. The van der Waals surface area contributed by atoms with Crippen LogP contribution in [0.25, 0.3) is 0 Å². The van der Waals surface area contributed by atoms with E-state index in [0.29, 0.717) is 6.42 Å². The molecule has 0 fully saturated rings. The van der Waals surface area contributed by atoms with Crippen molar-refractivity contribution in [2.45, 2.75) is 32.5 Å². The fourth-order valence-corrected chi connectivity index (χ4v) is 1.26. The Hall–Kier alpha value is -0.800. The van der Waals surface area contributed by atoms with Gasteiger partial charge in [0.05, 0.1) is 12.2 Å². The van der Waals surface area contributed by atoms with E-state index in [1.807, 2.05) is 13.8 Å². The molecule has 0 heterocycles. The van der Waals surface area contributed by atoms with Crippen LogP contribution in [0.3, 0.4) is 0 Å². The van der Waals surface area contributed by atoms with Crippen molar-refractivity contribution in [2.24, 2.45) is 11.8 Å². The van der Waals surface area contributed by atoms with Gasteiger partial charge in [0, 0.05) is 13.1 Å². The summed E-state index contributed by atoms with van der Waals surface area (Å²) < 4.78 is 36.4. The van der Waals surface area contributed by atoms with E-state index in [4.69, 9.17) is 5.26 Å². The predicted molar refractivity (Wildman–Crippen MR) is 53.5 cm³/mol. The number of alkyl halides is 3. The largest absolute Gasteiger partial charge is 0.405 e. The standard InChI is InChI=1S/C10H17F3N2O/c1-7(2)3-9(16)6-15-5-8(4-14)10(11,12)13/h7-9,15-16H,3,5-6H2,1-2H3. The Morgan fingerprint density at radius 1 is 1.31 bits per heavy atom. The maximum atomic E-state index is 12.1. The number of nitrogens with zero attached hydrogens (tertiary/aromatic N) is 1. The van der Waals surface area contributed by atoms with E-state index < -0.39 is 24.7 Å². The number of aliphatic hydroxyl groups is 1. The van der Waals surface area contributed by atoms with E-state index >= 15 is 0 Å². The molecule has 0 aliphatic rings. The predicted octanol–water partition coefficient (Wildman–Crippen LogP) is 1.69. The van der Waals surface area contributed by atoms with Crippen molar-refractivity contribution in [2.75, 3.05) is 13.1 Å². The zero-order chi connectivity index (χ0) is 12.8. The van der Waals surface area contributed by atoms with Crippen LogP contribution in [-0.4, -0.2) is 30.5 Å². The monoisotopic (exact) mass is 238 g/mol. The number of hydrogen-bond donors (Lipinski definition) is 2. The average molecular weight is 238 g/mol. The second-order valence-electron chi connectivity index (χ2n) is 4.16. The van der Waals surface area contributed by atoms with Gasteiger partial charge in [-0.25, -0.2) is 0 Å². The van der Waals surface area contributed by atoms with Crippen LogP contribution in [0.15, 0.2) is 0 Å². The van der Waals surface area contributed by atoms with Crippen LogP contribution in [0.4, 0.5) is 13.2 Å². The molecule has 2 N–H and O–H groups in total. The van der Waals surface area contributed by atoms with Gasteiger partial charge in [-0.1, -0.05) is 13.8 Å². The third-order valence-corrected chi connectivity index (χ3v) is 2.02. The fraction of sp³-hybridized carbons (Fsp3) is 0.900. The lowest BCUT2D eigenvalue weighted by molar-refractivity contribution is -0.157. The Morgan fingerprint density at radius 3 is 2.25 bits per heavy atom. The molecule has 0 amide bonds. The normalized spacial score (nSPS) is 15.9. The summed E-state index contributed by atoms with van der Waals surface area (Å²) in [6.45, 7) is 3.43. The zero-order valence-electron chi connectivity index (χ0n) is 9.38. The van der Waals surface area contributed by atoms with E-state index in [1.54, 1.807) is 0 Å². The Bertz CT molecular complexity index is 235.